The third kappa shape index (κ3) is 4.36. The van der Waals surface area contributed by atoms with E-state index < -0.39 is 0 Å². The van der Waals surface area contributed by atoms with E-state index >= 15 is 0 Å². The van der Waals surface area contributed by atoms with Crippen LogP contribution in [0.3, 0.4) is 0 Å². The lowest BCUT2D eigenvalue weighted by Gasteiger charge is -2.36. The van der Waals surface area contributed by atoms with Crippen molar-refractivity contribution < 1.29 is 21.7 Å². The van der Waals surface area contributed by atoms with Crippen LogP contribution >= 0.6 is 0 Å². The van der Waals surface area contributed by atoms with Gasteiger partial charge in [0.15, 0.2) is 6.54 Å². The molecule has 0 bridgehead atoms. The van der Waals surface area contributed by atoms with Gasteiger partial charge in [0.2, 0.25) is 0 Å². The molecule has 24 heavy (non-hydrogen) atoms. The molecule has 1 aliphatic rings. The van der Waals surface area contributed by atoms with Crippen LogP contribution in [0.1, 0.15) is 0 Å². The number of halogens is 1. The van der Waals surface area contributed by atoms with Crippen molar-refractivity contribution in [3.8, 4) is 0 Å². The molecule has 1 fully saturated rings. The molecule has 0 saturated carbocycles. The van der Waals surface area contributed by atoms with Gasteiger partial charge in [0.1, 0.15) is 5.82 Å². The minimum absolute atomic E-state index is 0. The van der Waals surface area contributed by atoms with Crippen LogP contribution in [-0.2, 0) is 4.79 Å². The first-order valence-corrected chi connectivity index (χ1v) is 8.11. The minimum Gasteiger partial charge on any atom is -1.00 e. The number of hydrogen-bond acceptors (Lipinski definition) is 3. The highest BCUT2D eigenvalue weighted by atomic mass is 35.5. The largest absolute Gasteiger partial charge is 1.00 e. The predicted molar refractivity (Wildman–Crippen MR) is 93.4 cm³/mol. The minimum atomic E-state index is 0. The number of benzene rings is 1. The summed E-state index contributed by atoms with van der Waals surface area (Å²) in [5, 5.41) is 1.16. The quantitative estimate of drug-likeness (QED) is 0.640. The highest BCUT2D eigenvalue weighted by Crippen LogP contribution is 2.19. The number of para-hydroxylation sites is 1. The molecule has 0 radical (unpaired) electrons. The molecule has 0 aliphatic carbocycles. The fourth-order valence-corrected chi connectivity index (χ4v) is 2.92. The second-order valence-corrected chi connectivity index (χ2v) is 7.18. The second kappa shape index (κ2) is 7.36. The highest BCUT2D eigenvalue weighted by Gasteiger charge is 2.25. The molecule has 0 atom stereocenters. The Morgan fingerprint density at radius 1 is 1.04 bits per heavy atom. The summed E-state index contributed by atoms with van der Waals surface area (Å²) in [6.45, 7) is 3.78. The number of carbonyl (C=O) groups excluding carboxylic acids is 1. The van der Waals surface area contributed by atoms with Crippen LogP contribution in [-0.4, -0.2) is 74.1 Å². The Kier molecular flexibility index (Phi) is 5.67. The van der Waals surface area contributed by atoms with Crippen LogP contribution in [0.5, 0.6) is 0 Å². The van der Waals surface area contributed by atoms with E-state index in [2.05, 4.69) is 23.1 Å². The number of rotatable bonds is 3. The summed E-state index contributed by atoms with van der Waals surface area (Å²) in [5.74, 6) is 1.24. The first-order valence-electron chi connectivity index (χ1n) is 8.11. The monoisotopic (exact) mass is 348 g/mol. The first kappa shape index (κ1) is 18.5. The van der Waals surface area contributed by atoms with Gasteiger partial charge in [0.05, 0.1) is 26.7 Å². The molecule has 1 aromatic carbocycles. The SMILES string of the molecule is C[N+](C)(C)CC(=O)N1CCN(c2ccc3ccccc3n2)CC1.[Cl-]. The van der Waals surface area contributed by atoms with Gasteiger partial charge in [-0.15, -0.1) is 0 Å². The highest BCUT2D eigenvalue weighted by molar-refractivity contribution is 5.80. The molecular weight excluding hydrogens is 324 g/mol. The van der Waals surface area contributed by atoms with Crippen LogP contribution in [0.15, 0.2) is 36.4 Å². The summed E-state index contributed by atoms with van der Waals surface area (Å²) in [5.41, 5.74) is 1.02. The standard InChI is InChI=1S/C18H25N4O.ClH/c1-22(2,3)14-18(23)21-12-10-20(11-13-21)17-9-8-15-6-4-5-7-16(15)19-17;/h4-9H,10-14H2,1-3H3;1H/q+1;/p-1. The van der Waals surface area contributed by atoms with E-state index in [1.54, 1.807) is 0 Å². The van der Waals surface area contributed by atoms with Gasteiger partial charge in [-0.05, 0) is 18.2 Å². The van der Waals surface area contributed by atoms with E-state index in [-0.39, 0.29) is 18.3 Å². The van der Waals surface area contributed by atoms with E-state index in [0.717, 1.165) is 42.9 Å². The number of quaternary nitrogens is 1. The van der Waals surface area contributed by atoms with Crippen molar-refractivity contribution in [1.82, 2.24) is 9.88 Å². The molecule has 1 aromatic heterocycles. The third-order valence-electron chi connectivity index (χ3n) is 4.15. The Labute approximate surface area is 149 Å². The molecule has 3 rings (SSSR count). The van der Waals surface area contributed by atoms with Crippen molar-refractivity contribution >= 4 is 22.6 Å². The molecule has 5 nitrogen and oxygen atoms in total. The van der Waals surface area contributed by atoms with Crippen molar-refractivity contribution in [2.75, 3.05) is 58.8 Å². The van der Waals surface area contributed by atoms with Gasteiger partial charge in [0, 0.05) is 31.6 Å². The van der Waals surface area contributed by atoms with Crippen LogP contribution in [0, 0.1) is 0 Å². The van der Waals surface area contributed by atoms with E-state index in [4.69, 9.17) is 4.98 Å². The second-order valence-electron chi connectivity index (χ2n) is 7.18. The van der Waals surface area contributed by atoms with Gasteiger partial charge < -0.3 is 26.7 Å². The first-order chi connectivity index (χ1) is 10.9. The molecule has 130 valence electrons. The van der Waals surface area contributed by atoms with E-state index in [9.17, 15) is 4.79 Å². The molecule has 0 unspecified atom stereocenters. The summed E-state index contributed by atoms with van der Waals surface area (Å²) in [6.07, 6.45) is 0. The van der Waals surface area contributed by atoms with E-state index in [0.29, 0.717) is 11.0 Å². The maximum Gasteiger partial charge on any atom is 0.277 e. The summed E-state index contributed by atoms with van der Waals surface area (Å²) < 4.78 is 0.672. The molecule has 2 aromatic rings. The number of anilines is 1. The summed E-state index contributed by atoms with van der Waals surface area (Å²) in [6, 6.07) is 12.4. The van der Waals surface area contributed by atoms with Crippen LogP contribution in [0.2, 0.25) is 0 Å². The molecular formula is C18H25ClN4O. The average Bonchev–Trinajstić information content (AvgIpc) is 2.53. The number of nitrogens with zero attached hydrogens (tertiary/aromatic N) is 4. The van der Waals surface area contributed by atoms with E-state index in [1.165, 1.54) is 0 Å². The zero-order valence-electron chi connectivity index (χ0n) is 14.6. The number of likely N-dealkylation sites (N-methyl/N-ethyl adjacent to an activating group) is 1. The van der Waals surface area contributed by atoms with Gasteiger partial charge in [-0.1, -0.05) is 18.2 Å². The zero-order chi connectivity index (χ0) is 16.4. The normalized spacial score (nSPS) is 15.3. The Bertz CT molecular complexity index is 705. The average molecular weight is 349 g/mol. The van der Waals surface area contributed by atoms with Crippen molar-refractivity contribution in [2.45, 2.75) is 0 Å². The summed E-state index contributed by atoms with van der Waals surface area (Å²) in [4.78, 5) is 21.3. The fourth-order valence-electron chi connectivity index (χ4n) is 2.92. The van der Waals surface area contributed by atoms with Gasteiger partial charge in [-0.25, -0.2) is 4.98 Å². The molecule has 0 N–H and O–H groups in total. The molecule has 1 saturated heterocycles. The third-order valence-corrected chi connectivity index (χ3v) is 4.15. The van der Waals surface area contributed by atoms with Crippen molar-refractivity contribution in [3.05, 3.63) is 36.4 Å². The number of amides is 1. The number of pyridine rings is 1. The number of carbonyl (C=O) groups is 1. The molecule has 1 amide bonds. The molecule has 2 heterocycles. The number of fused-ring (bicyclic) bond motifs is 1. The van der Waals surface area contributed by atoms with Crippen molar-refractivity contribution in [1.29, 1.82) is 0 Å². The van der Waals surface area contributed by atoms with Crippen LogP contribution < -0.4 is 17.3 Å². The van der Waals surface area contributed by atoms with Gasteiger partial charge in [-0.3, -0.25) is 4.79 Å². The summed E-state index contributed by atoms with van der Waals surface area (Å²) >= 11 is 0. The van der Waals surface area contributed by atoms with E-state index in [1.807, 2.05) is 44.2 Å². The maximum atomic E-state index is 12.3. The topological polar surface area (TPSA) is 36.4 Å². The lowest BCUT2D eigenvalue weighted by Crippen LogP contribution is -3.00. The molecule has 1 aliphatic heterocycles. The van der Waals surface area contributed by atoms with Crippen molar-refractivity contribution in [2.24, 2.45) is 0 Å². The lowest BCUT2D eigenvalue weighted by atomic mass is 10.2. The summed E-state index contributed by atoms with van der Waals surface area (Å²) in [7, 11) is 6.15. The maximum absolute atomic E-state index is 12.3. The Morgan fingerprint density at radius 2 is 1.71 bits per heavy atom. The lowest BCUT2D eigenvalue weighted by molar-refractivity contribution is -0.862. The van der Waals surface area contributed by atoms with Gasteiger partial charge >= 0.3 is 0 Å². The van der Waals surface area contributed by atoms with Gasteiger partial charge in [-0.2, -0.15) is 0 Å². The number of aromatic nitrogens is 1. The fraction of sp³-hybridized carbons (Fsp3) is 0.444. The Balaban J connectivity index is 0.00000208. The van der Waals surface area contributed by atoms with Crippen LogP contribution in [0.25, 0.3) is 10.9 Å². The van der Waals surface area contributed by atoms with Gasteiger partial charge in [0.25, 0.3) is 5.91 Å². The zero-order valence-corrected chi connectivity index (χ0v) is 15.3. The Morgan fingerprint density at radius 3 is 2.38 bits per heavy atom. The molecule has 0 spiro atoms. The van der Waals surface area contributed by atoms with Crippen LogP contribution in [0.4, 0.5) is 5.82 Å². The predicted octanol–water partition coefficient (Wildman–Crippen LogP) is -1.41. The smallest absolute Gasteiger partial charge is 0.277 e. The number of hydrogen-bond donors (Lipinski definition) is 0. The van der Waals surface area contributed by atoms with Crippen molar-refractivity contribution in [3.63, 3.8) is 0 Å². The Hall–Kier alpha value is -1.85. The molecule has 6 heteroatoms. The number of piperazine rings is 1.